The molecular formula is C19H41N5O2. The van der Waals surface area contributed by atoms with Gasteiger partial charge < -0.3 is 25.6 Å². The van der Waals surface area contributed by atoms with Crippen molar-refractivity contribution in [2.24, 2.45) is 4.99 Å². The number of carbonyl (C=O) groups excluding carboxylic acids is 1. The standard InChI is InChI=1S/C19H41N5O2/c1-9-19(10-2,23-17(25)26-18(4,5)6)15-22-16(20-11-3)21-13-12-14-24(7)8/h9-15H2,1-8H3,(H,23,25)(H2,20,21,22). The molecular weight excluding hydrogens is 330 g/mol. The molecule has 7 nitrogen and oxygen atoms in total. The Labute approximate surface area is 160 Å². The van der Waals surface area contributed by atoms with Gasteiger partial charge >= 0.3 is 6.09 Å². The largest absolute Gasteiger partial charge is 0.444 e. The number of carbonyl (C=O) groups is 1. The van der Waals surface area contributed by atoms with Gasteiger partial charge in [-0.15, -0.1) is 0 Å². The van der Waals surface area contributed by atoms with Crippen LogP contribution >= 0.6 is 0 Å². The zero-order valence-electron chi connectivity index (χ0n) is 18.2. The number of hydrogen-bond acceptors (Lipinski definition) is 4. The summed E-state index contributed by atoms with van der Waals surface area (Å²) in [5.74, 6) is 0.781. The summed E-state index contributed by atoms with van der Waals surface area (Å²) in [7, 11) is 4.14. The van der Waals surface area contributed by atoms with Crippen LogP contribution in [0.4, 0.5) is 4.79 Å². The van der Waals surface area contributed by atoms with Crippen molar-refractivity contribution >= 4 is 12.1 Å². The van der Waals surface area contributed by atoms with Gasteiger partial charge in [-0.1, -0.05) is 13.8 Å². The maximum atomic E-state index is 12.2. The monoisotopic (exact) mass is 371 g/mol. The fraction of sp³-hybridized carbons (Fsp3) is 0.895. The topological polar surface area (TPSA) is 78.0 Å². The minimum Gasteiger partial charge on any atom is -0.444 e. The van der Waals surface area contributed by atoms with Crippen molar-refractivity contribution in [2.45, 2.75) is 71.9 Å². The van der Waals surface area contributed by atoms with E-state index in [2.05, 4.69) is 48.8 Å². The normalized spacial score (nSPS) is 12.9. The number of ether oxygens (including phenoxy) is 1. The number of guanidine groups is 1. The lowest BCUT2D eigenvalue weighted by atomic mass is 9.93. The average molecular weight is 372 g/mol. The fourth-order valence-electron chi connectivity index (χ4n) is 2.38. The molecule has 0 aliphatic carbocycles. The second-order valence-electron chi connectivity index (χ2n) is 7.89. The third kappa shape index (κ3) is 11.2. The summed E-state index contributed by atoms with van der Waals surface area (Å²) >= 11 is 0. The molecule has 3 N–H and O–H groups in total. The molecule has 1 amide bonds. The molecule has 154 valence electrons. The predicted molar refractivity (Wildman–Crippen MR) is 110 cm³/mol. The van der Waals surface area contributed by atoms with Gasteiger partial charge in [0.1, 0.15) is 5.60 Å². The summed E-state index contributed by atoms with van der Waals surface area (Å²) in [6, 6.07) is 0. The van der Waals surface area contributed by atoms with E-state index < -0.39 is 11.1 Å². The third-order valence-corrected chi connectivity index (χ3v) is 4.08. The molecule has 26 heavy (non-hydrogen) atoms. The molecule has 0 rings (SSSR count). The SMILES string of the molecule is CCNC(=NCC(CC)(CC)NC(=O)OC(C)(C)C)NCCCN(C)C. The molecule has 0 aromatic carbocycles. The summed E-state index contributed by atoms with van der Waals surface area (Å²) < 4.78 is 5.42. The van der Waals surface area contributed by atoms with E-state index in [9.17, 15) is 4.79 Å². The van der Waals surface area contributed by atoms with Crippen LogP contribution in [-0.4, -0.2) is 68.4 Å². The van der Waals surface area contributed by atoms with E-state index in [0.29, 0.717) is 6.54 Å². The van der Waals surface area contributed by atoms with E-state index in [1.807, 2.05) is 27.7 Å². The van der Waals surface area contributed by atoms with Gasteiger partial charge in [0.25, 0.3) is 0 Å². The van der Waals surface area contributed by atoms with E-state index in [0.717, 1.165) is 44.9 Å². The van der Waals surface area contributed by atoms with Crippen molar-refractivity contribution in [2.75, 3.05) is 40.3 Å². The molecule has 0 aromatic rings. The van der Waals surface area contributed by atoms with Gasteiger partial charge in [-0.3, -0.25) is 4.99 Å². The van der Waals surface area contributed by atoms with Gasteiger partial charge in [0.15, 0.2) is 5.96 Å². The second kappa shape index (κ2) is 12.0. The number of aliphatic imine (C=N–C) groups is 1. The van der Waals surface area contributed by atoms with Gasteiger partial charge in [-0.25, -0.2) is 4.79 Å². The van der Waals surface area contributed by atoms with Gasteiger partial charge in [0.2, 0.25) is 0 Å². The Balaban J connectivity index is 4.88. The highest BCUT2D eigenvalue weighted by atomic mass is 16.6. The molecule has 0 aliphatic rings. The molecule has 0 saturated heterocycles. The van der Waals surface area contributed by atoms with Crippen LogP contribution in [0.3, 0.4) is 0 Å². The summed E-state index contributed by atoms with van der Waals surface area (Å²) in [5, 5.41) is 9.66. The molecule has 0 aliphatic heterocycles. The Morgan fingerprint density at radius 3 is 2.15 bits per heavy atom. The minimum absolute atomic E-state index is 0.389. The first-order chi connectivity index (χ1) is 12.1. The first-order valence-corrected chi connectivity index (χ1v) is 9.75. The lowest BCUT2D eigenvalue weighted by Crippen LogP contribution is -2.52. The number of nitrogens with one attached hydrogen (secondary N) is 3. The Morgan fingerprint density at radius 1 is 1.08 bits per heavy atom. The van der Waals surface area contributed by atoms with Crippen molar-refractivity contribution < 1.29 is 9.53 Å². The van der Waals surface area contributed by atoms with Crippen molar-refractivity contribution in [1.29, 1.82) is 0 Å². The summed E-state index contributed by atoms with van der Waals surface area (Å²) in [5.41, 5.74) is -0.919. The van der Waals surface area contributed by atoms with Crippen molar-refractivity contribution in [3.05, 3.63) is 0 Å². The molecule has 0 radical (unpaired) electrons. The van der Waals surface area contributed by atoms with Crippen LogP contribution < -0.4 is 16.0 Å². The lowest BCUT2D eigenvalue weighted by molar-refractivity contribution is 0.0452. The van der Waals surface area contributed by atoms with Crippen LogP contribution in [0.2, 0.25) is 0 Å². The fourth-order valence-corrected chi connectivity index (χ4v) is 2.38. The van der Waals surface area contributed by atoms with Crippen LogP contribution in [0.1, 0.15) is 60.8 Å². The maximum Gasteiger partial charge on any atom is 0.408 e. The second-order valence-corrected chi connectivity index (χ2v) is 7.89. The first kappa shape index (κ1) is 24.5. The van der Waals surface area contributed by atoms with E-state index in [-0.39, 0.29) is 6.09 Å². The van der Waals surface area contributed by atoms with E-state index in [1.54, 1.807) is 0 Å². The molecule has 7 heteroatoms. The maximum absolute atomic E-state index is 12.2. The van der Waals surface area contributed by atoms with Crippen molar-refractivity contribution in [1.82, 2.24) is 20.9 Å². The molecule has 0 fully saturated rings. The highest BCUT2D eigenvalue weighted by Gasteiger charge is 2.30. The van der Waals surface area contributed by atoms with Crippen molar-refractivity contribution in [3.8, 4) is 0 Å². The number of nitrogens with zero attached hydrogens (tertiary/aromatic N) is 2. The minimum atomic E-state index is -0.510. The Bertz CT molecular complexity index is 426. The molecule has 0 bridgehead atoms. The van der Waals surface area contributed by atoms with Gasteiger partial charge in [0, 0.05) is 13.1 Å². The molecule has 0 aromatic heterocycles. The van der Waals surface area contributed by atoms with Crippen LogP contribution in [-0.2, 0) is 4.74 Å². The highest BCUT2D eigenvalue weighted by Crippen LogP contribution is 2.17. The van der Waals surface area contributed by atoms with Gasteiger partial charge in [0.05, 0.1) is 12.1 Å². The van der Waals surface area contributed by atoms with Crippen LogP contribution in [0.25, 0.3) is 0 Å². The van der Waals surface area contributed by atoms with E-state index in [4.69, 9.17) is 9.73 Å². The number of alkyl carbamates (subject to hydrolysis) is 1. The molecule has 0 atom stereocenters. The first-order valence-electron chi connectivity index (χ1n) is 9.75. The van der Waals surface area contributed by atoms with E-state index >= 15 is 0 Å². The van der Waals surface area contributed by atoms with Crippen molar-refractivity contribution in [3.63, 3.8) is 0 Å². The Hall–Kier alpha value is -1.50. The van der Waals surface area contributed by atoms with Crippen LogP contribution in [0.15, 0.2) is 4.99 Å². The number of rotatable bonds is 10. The zero-order valence-corrected chi connectivity index (χ0v) is 18.2. The van der Waals surface area contributed by atoms with E-state index in [1.165, 1.54) is 0 Å². The summed E-state index contributed by atoms with van der Waals surface area (Å²) in [4.78, 5) is 19.1. The average Bonchev–Trinajstić information content (AvgIpc) is 2.53. The Kier molecular flexibility index (Phi) is 11.3. The summed E-state index contributed by atoms with van der Waals surface area (Å²) in [6.07, 6.45) is 2.22. The number of amides is 1. The lowest BCUT2D eigenvalue weighted by Gasteiger charge is -2.32. The summed E-state index contributed by atoms with van der Waals surface area (Å²) in [6.45, 7) is 15.0. The molecule has 0 heterocycles. The highest BCUT2D eigenvalue weighted by molar-refractivity contribution is 5.79. The smallest absolute Gasteiger partial charge is 0.408 e. The van der Waals surface area contributed by atoms with Gasteiger partial charge in [-0.2, -0.15) is 0 Å². The zero-order chi connectivity index (χ0) is 20.2. The number of hydrogen-bond donors (Lipinski definition) is 3. The molecule has 0 unspecified atom stereocenters. The predicted octanol–water partition coefficient (Wildman–Crippen LogP) is 2.58. The third-order valence-electron chi connectivity index (χ3n) is 4.08. The van der Waals surface area contributed by atoms with Crippen LogP contribution in [0, 0.1) is 0 Å². The quantitative estimate of drug-likeness (QED) is 0.312. The Morgan fingerprint density at radius 2 is 1.69 bits per heavy atom. The molecule has 0 spiro atoms. The van der Waals surface area contributed by atoms with Gasteiger partial charge in [-0.05, 0) is 67.6 Å². The molecule has 0 saturated carbocycles. The van der Waals surface area contributed by atoms with Crippen LogP contribution in [0.5, 0.6) is 0 Å².